The smallest absolute Gasteiger partial charge is 0.227 e. The SMILES string of the molecule is CC(C)(C)C(=O)N1CCC[C@H](C(=O)NCCc2ccccc2)C1. The summed E-state index contributed by atoms with van der Waals surface area (Å²) in [7, 11) is 0. The Kier molecular flexibility index (Phi) is 5.80. The molecule has 23 heavy (non-hydrogen) atoms. The van der Waals surface area contributed by atoms with Crippen molar-refractivity contribution in [3.8, 4) is 0 Å². The second-order valence-corrected chi connectivity index (χ2v) is 7.37. The number of benzene rings is 1. The van der Waals surface area contributed by atoms with E-state index in [4.69, 9.17) is 0 Å². The number of rotatable bonds is 4. The highest BCUT2D eigenvalue weighted by molar-refractivity contribution is 5.83. The molecule has 4 nitrogen and oxygen atoms in total. The van der Waals surface area contributed by atoms with Crippen molar-refractivity contribution in [1.29, 1.82) is 0 Å². The van der Waals surface area contributed by atoms with Gasteiger partial charge in [-0.15, -0.1) is 0 Å². The molecular weight excluding hydrogens is 288 g/mol. The van der Waals surface area contributed by atoms with Gasteiger partial charge in [0, 0.05) is 25.0 Å². The first-order valence-corrected chi connectivity index (χ1v) is 8.49. The van der Waals surface area contributed by atoms with Crippen molar-refractivity contribution >= 4 is 11.8 Å². The van der Waals surface area contributed by atoms with Crippen molar-refractivity contribution in [1.82, 2.24) is 10.2 Å². The summed E-state index contributed by atoms with van der Waals surface area (Å²) in [6.07, 6.45) is 2.60. The Bertz CT molecular complexity index is 534. The highest BCUT2D eigenvalue weighted by Gasteiger charge is 2.33. The summed E-state index contributed by atoms with van der Waals surface area (Å²) in [6, 6.07) is 10.1. The molecule has 4 heteroatoms. The molecule has 1 atom stereocenters. The van der Waals surface area contributed by atoms with Crippen molar-refractivity contribution in [3.05, 3.63) is 35.9 Å². The maximum absolute atomic E-state index is 12.4. The Morgan fingerprint density at radius 2 is 1.91 bits per heavy atom. The summed E-state index contributed by atoms with van der Waals surface area (Å²) < 4.78 is 0. The third kappa shape index (κ3) is 5.08. The molecule has 0 bridgehead atoms. The molecular formula is C19H28N2O2. The molecule has 1 aromatic rings. The van der Waals surface area contributed by atoms with Gasteiger partial charge < -0.3 is 10.2 Å². The van der Waals surface area contributed by atoms with Crippen molar-refractivity contribution < 1.29 is 9.59 Å². The minimum atomic E-state index is -0.383. The van der Waals surface area contributed by atoms with Crippen LogP contribution in [-0.4, -0.2) is 36.3 Å². The van der Waals surface area contributed by atoms with E-state index in [9.17, 15) is 9.59 Å². The first-order chi connectivity index (χ1) is 10.9. The molecule has 0 aliphatic carbocycles. The van der Waals surface area contributed by atoms with Gasteiger partial charge in [-0.1, -0.05) is 51.1 Å². The predicted octanol–water partition coefficient (Wildman–Crippen LogP) is 2.63. The van der Waals surface area contributed by atoms with Gasteiger partial charge in [-0.2, -0.15) is 0 Å². The summed E-state index contributed by atoms with van der Waals surface area (Å²) in [5, 5.41) is 3.02. The van der Waals surface area contributed by atoms with Crippen molar-refractivity contribution in [2.24, 2.45) is 11.3 Å². The van der Waals surface area contributed by atoms with Crippen molar-refractivity contribution in [2.75, 3.05) is 19.6 Å². The fourth-order valence-electron chi connectivity index (χ4n) is 2.97. The molecule has 1 aliphatic rings. The lowest BCUT2D eigenvalue weighted by atomic mass is 9.91. The molecule has 0 unspecified atom stereocenters. The second-order valence-electron chi connectivity index (χ2n) is 7.37. The first-order valence-electron chi connectivity index (χ1n) is 8.49. The van der Waals surface area contributed by atoms with E-state index in [0.717, 1.165) is 25.8 Å². The Labute approximate surface area is 139 Å². The maximum Gasteiger partial charge on any atom is 0.227 e. The summed E-state index contributed by atoms with van der Waals surface area (Å²) in [5.41, 5.74) is 0.840. The zero-order valence-electron chi connectivity index (χ0n) is 14.5. The Balaban J connectivity index is 1.81. The van der Waals surface area contributed by atoms with E-state index in [1.54, 1.807) is 0 Å². The first kappa shape index (κ1) is 17.5. The van der Waals surface area contributed by atoms with Gasteiger partial charge in [0.25, 0.3) is 0 Å². The highest BCUT2D eigenvalue weighted by Crippen LogP contribution is 2.23. The zero-order chi connectivity index (χ0) is 16.9. The highest BCUT2D eigenvalue weighted by atomic mass is 16.2. The molecule has 2 amide bonds. The van der Waals surface area contributed by atoms with Gasteiger partial charge in [-0.25, -0.2) is 0 Å². The number of nitrogens with zero attached hydrogens (tertiary/aromatic N) is 1. The van der Waals surface area contributed by atoms with Crippen LogP contribution in [0.5, 0.6) is 0 Å². The van der Waals surface area contributed by atoms with E-state index >= 15 is 0 Å². The molecule has 1 heterocycles. The molecule has 0 saturated carbocycles. The summed E-state index contributed by atoms with van der Waals surface area (Å²) in [5.74, 6) is 0.137. The van der Waals surface area contributed by atoms with Crippen LogP contribution in [0.1, 0.15) is 39.2 Å². The third-order valence-corrected chi connectivity index (χ3v) is 4.28. The Morgan fingerprint density at radius 1 is 1.22 bits per heavy atom. The average Bonchev–Trinajstić information content (AvgIpc) is 2.54. The van der Waals surface area contributed by atoms with Gasteiger partial charge >= 0.3 is 0 Å². The quantitative estimate of drug-likeness (QED) is 0.928. The number of carbonyl (C=O) groups is 2. The van der Waals surface area contributed by atoms with Crippen molar-refractivity contribution in [2.45, 2.75) is 40.0 Å². The molecule has 1 N–H and O–H groups in total. The molecule has 1 fully saturated rings. The number of hydrogen-bond donors (Lipinski definition) is 1. The molecule has 0 radical (unpaired) electrons. The largest absolute Gasteiger partial charge is 0.355 e. The van der Waals surface area contributed by atoms with Gasteiger partial charge in [0.05, 0.1) is 5.92 Å². The average molecular weight is 316 g/mol. The van der Waals surface area contributed by atoms with Crippen LogP contribution in [0.2, 0.25) is 0 Å². The lowest BCUT2D eigenvalue weighted by Gasteiger charge is -2.35. The molecule has 1 aromatic carbocycles. The Hall–Kier alpha value is -1.84. The predicted molar refractivity (Wildman–Crippen MR) is 91.9 cm³/mol. The van der Waals surface area contributed by atoms with Gasteiger partial charge in [0.1, 0.15) is 0 Å². The molecule has 0 spiro atoms. The number of nitrogens with one attached hydrogen (secondary N) is 1. The molecule has 126 valence electrons. The lowest BCUT2D eigenvalue weighted by Crippen LogP contribution is -2.48. The number of carbonyl (C=O) groups excluding carboxylic acids is 2. The van der Waals surface area contributed by atoms with Crippen molar-refractivity contribution in [3.63, 3.8) is 0 Å². The fraction of sp³-hybridized carbons (Fsp3) is 0.579. The van der Waals surface area contributed by atoms with Crippen LogP contribution >= 0.6 is 0 Å². The fourth-order valence-corrected chi connectivity index (χ4v) is 2.97. The van der Waals surface area contributed by atoms with E-state index in [1.807, 2.05) is 43.9 Å². The van der Waals surface area contributed by atoms with E-state index < -0.39 is 0 Å². The number of likely N-dealkylation sites (tertiary alicyclic amines) is 1. The van der Waals surface area contributed by atoms with Crippen LogP contribution in [0, 0.1) is 11.3 Å². The number of hydrogen-bond acceptors (Lipinski definition) is 2. The topological polar surface area (TPSA) is 49.4 Å². The van der Waals surface area contributed by atoms with Crippen LogP contribution in [0.3, 0.4) is 0 Å². The summed E-state index contributed by atoms with van der Waals surface area (Å²) in [4.78, 5) is 26.6. The van der Waals surface area contributed by atoms with E-state index in [2.05, 4.69) is 17.4 Å². The van der Waals surface area contributed by atoms with E-state index in [1.165, 1.54) is 5.56 Å². The third-order valence-electron chi connectivity index (χ3n) is 4.28. The minimum absolute atomic E-state index is 0.0762. The minimum Gasteiger partial charge on any atom is -0.355 e. The van der Waals surface area contributed by atoms with E-state index in [0.29, 0.717) is 13.1 Å². The molecule has 0 aromatic heterocycles. The monoisotopic (exact) mass is 316 g/mol. The lowest BCUT2D eigenvalue weighted by molar-refractivity contribution is -0.142. The number of amides is 2. The van der Waals surface area contributed by atoms with Gasteiger partial charge in [-0.3, -0.25) is 9.59 Å². The normalized spacial score (nSPS) is 18.6. The summed E-state index contributed by atoms with van der Waals surface area (Å²) >= 11 is 0. The number of piperidine rings is 1. The molecule has 1 saturated heterocycles. The summed E-state index contributed by atoms with van der Waals surface area (Å²) in [6.45, 7) is 7.75. The Morgan fingerprint density at radius 3 is 2.57 bits per heavy atom. The van der Waals surface area contributed by atoms with Gasteiger partial charge in [0.15, 0.2) is 0 Å². The van der Waals surface area contributed by atoms with Crippen LogP contribution in [0.15, 0.2) is 30.3 Å². The maximum atomic E-state index is 12.4. The van der Waals surface area contributed by atoms with Crippen LogP contribution in [0.25, 0.3) is 0 Å². The van der Waals surface area contributed by atoms with Crippen LogP contribution in [0.4, 0.5) is 0 Å². The second kappa shape index (κ2) is 7.62. The molecule has 2 rings (SSSR count). The molecule has 1 aliphatic heterocycles. The van der Waals surface area contributed by atoms with E-state index in [-0.39, 0.29) is 23.1 Å². The van der Waals surface area contributed by atoms with Gasteiger partial charge in [-0.05, 0) is 24.8 Å². The zero-order valence-corrected chi connectivity index (χ0v) is 14.5. The van der Waals surface area contributed by atoms with Crippen LogP contribution < -0.4 is 5.32 Å². The standard InChI is InChI=1S/C19H28N2O2/c1-19(2,3)18(23)21-13-7-10-16(14-21)17(22)20-12-11-15-8-5-4-6-9-15/h4-6,8-9,16H,7,10-14H2,1-3H3,(H,20,22)/t16-/m0/s1. The van der Waals surface area contributed by atoms with Crippen LogP contribution in [-0.2, 0) is 16.0 Å². The van der Waals surface area contributed by atoms with Gasteiger partial charge in [0.2, 0.25) is 11.8 Å².